The third-order valence-electron chi connectivity index (χ3n) is 3.38. The zero-order valence-corrected chi connectivity index (χ0v) is 14.8. The minimum atomic E-state index is 0.352. The first-order chi connectivity index (χ1) is 12.2. The molecule has 0 unspecified atom stereocenters. The largest absolute Gasteiger partial charge is 0.495 e. The molecule has 0 bridgehead atoms. The number of rotatable bonds is 6. The molecule has 0 spiro atoms. The van der Waals surface area contributed by atoms with Crippen molar-refractivity contribution < 1.29 is 4.74 Å². The van der Waals surface area contributed by atoms with Crippen LogP contribution in [-0.2, 0) is 6.54 Å². The molecule has 0 saturated heterocycles. The number of nitrogens with zero attached hydrogens (tertiary/aromatic N) is 3. The van der Waals surface area contributed by atoms with Crippen molar-refractivity contribution in [3.63, 3.8) is 0 Å². The first-order valence-corrected chi connectivity index (χ1v) is 8.19. The van der Waals surface area contributed by atoms with Gasteiger partial charge in [-0.25, -0.2) is 0 Å². The number of methoxy groups -OCH3 is 1. The van der Waals surface area contributed by atoms with Gasteiger partial charge in [0.15, 0.2) is 5.82 Å². The first kappa shape index (κ1) is 17.3. The van der Waals surface area contributed by atoms with Crippen molar-refractivity contribution in [1.29, 1.82) is 0 Å². The topological polar surface area (TPSA) is 72.0 Å². The van der Waals surface area contributed by atoms with Crippen LogP contribution in [0.15, 0.2) is 48.7 Å². The number of anilines is 3. The van der Waals surface area contributed by atoms with Crippen LogP contribution in [0.3, 0.4) is 0 Å². The van der Waals surface area contributed by atoms with Crippen molar-refractivity contribution in [3.05, 3.63) is 64.3 Å². The molecule has 0 atom stereocenters. The van der Waals surface area contributed by atoms with Gasteiger partial charge >= 0.3 is 0 Å². The lowest BCUT2D eigenvalue weighted by Crippen LogP contribution is -2.06. The van der Waals surface area contributed by atoms with Crippen LogP contribution in [0.25, 0.3) is 0 Å². The molecule has 3 rings (SSSR count). The molecule has 0 aliphatic rings. The summed E-state index contributed by atoms with van der Waals surface area (Å²) in [4.78, 5) is 4.37. The number of aromatic nitrogens is 3. The van der Waals surface area contributed by atoms with Crippen molar-refractivity contribution in [1.82, 2.24) is 15.2 Å². The highest BCUT2D eigenvalue weighted by atomic mass is 35.5. The Kier molecular flexibility index (Phi) is 5.53. The van der Waals surface area contributed by atoms with Gasteiger partial charge < -0.3 is 15.4 Å². The average molecular weight is 376 g/mol. The summed E-state index contributed by atoms with van der Waals surface area (Å²) in [6.45, 7) is 0.534. The SMILES string of the molecule is COc1ccc(Nc2nncc(NCc3ccccc3Cl)n2)cc1Cl. The standard InChI is InChI=1S/C17H15Cl2N5O/c1-25-15-7-6-12(8-14(15)19)22-17-23-16(10-21-24-17)20-9-11-4-2-3-5-13(11)18/h2-8,10H,9H2,1H3,(H2,20,22,23,24). The van der Waals surface area contributed by atoms with Crippen molar-refractivity contribution in [2.75, 3.05) is 17.7 Å². The third kappa shape index (κ3) is 4.49. The minimum Gasteiger partial charge on any atom is -0.495 e. The molecule has 3 aromatic rings. The number of nitrogens with one attached hydrogen (secondary N) is 2. The maximum Gasteiger partial charge on any atom is 0.249 e. The van der Waals surface area contributed by atoms with Gasteiger partial charge in [-0.2, -0.15) is 10.1 Å². The molecular weight excluding hydrogens is 361 g/mol. The van der Waals surface area contributed by atoms with Gasteiger partial charge in [-0.15, -0.1) is 5.10 Å². The molecule has 0 aliphatic carbocycles. The quantitative estimate of drug-likeness (QED) is 0.658. The summed E-state index contributed by atoms with van der Waals surface area (Å²) in [5.74, 6) is 1.53. The Morgan fingerprint density at radius 2 is 1.92 bits per heavy atom. The highest BCUT2D eigenvalue weighted by Gasteiger charge is 2.06. The van der Waals surface area contributed by atoms with Crippen molar-refractivity contribution in [3.8, 4) is 5.75 Å². The van der Waals surface area contributed by atoms with Crippen LogP contribution >= 0.6 is 23.2 Å². The van der Waals surface area contributed by atoms with Gasteiger partial charge in [0.05, 0.1) is 18.3 Å². The number of benzene rings is 2. The van der Waals surface area contributed by atoms with Gasteiger partial charge in [0.25, 0.3) is 0 Å². The van der Waals surface area contributed by atoms with Gasteiger partial charge in [-0.1, -0.05) is 41.4 Å². The lowest BCUT2D eigenvalue weighted by atomic mass is 10.2. The predicted octanol–water partition coefficient (Wildman–Crippen LogP) is 4.54. The summed E-state index contributed by atoms with van der Waals surface area (Å²) < 4.78 is 5.13. The molecule has 8 heteroatoms. The second-order valence-corrected chi connectivity index (χ2v) is 5.90. The van der Waals surface area contributed by atoms with Crippen LogP contribution < -0.4 is 15.4 Å². The van der Waals surface area contributed by atoms with Crippen molar-refractivity contribution >= 4 is 40.7 Å². The second-order valence-electron chi connectivity index (χ2n) is 5.08. The smallest absolute Gasteiger partial charge is 0.249 e. The van der Waals surface area contributed by atoms with Crippen LogP contribution in [0.2, 0.25) is 10.0 Å². The van der Waals surface area contributed by atoms with Gasteiger partial charge in [0.2, 0.25) is 5.95 Å². The van der Waals surface area contributed by atoms with E-state index in [4.69, 9.17) is 27.9 Å². The van der Waals surface area contributed by atoms with Crippen LogP contribution in [0.4, 0.5) is 17.5 Å². The number of hydrogen-bond acceptors (Lipinski definition) is 6. The maximum absolute atomic E-state index is 6.15. The van der Waals surface area contributed by atoms with Gasteiger partial charge in [0, 0.05) is 17.3 Å². The van der Waals surface area contributed by atoms with E-state index in [2.05, 4.69) is 25.8 Å². The van der Waals surface area contributed by atoms with E-state index < -0.39 is 0 Å². The molecule has 6 nitrogen and oxygen atoms in total. The summed E-state index contributed by atoms with van der Waals surface area (Å²) in [6, 6.07) is 12.9. The Balaban J connectivity index is 1.69. The molecule has 2 aromatic carbocycles. The fourth-order valence-corrected chi connectivity index (χ4v) is 2.60. The summed E-state index contributed by atoms with van der Waals surface area (Å²) in [5.41, 5.74) is 1.70. The highest BCUT2D eigenvalue weighted by Crippen LogP contribution is 2.28. The zero-order chi connectivity index (χ0) is 17.6. The van der Waals surface area contributed by atoms with Gasteiger partial charge in [-0.05, 0) is 29.8 Å². The maximum atomic E-state index is 6.15. The van der Waals surface area contributed by atoms with E-state index in [0.717, 1.165) is 11.3 Å². The van der Waals surface area contributed by atoms with E-state index in [-0.39, 0.29) is 0 Å². The van der Waals surface area contributed by atoms with E-state index in [9.17, 15) is 0 Å². The van der Waals surface area contributed by atoms with E-state index in [1.807, 2.05) is 30.3 Å². The van der Waals surface area contributed by atoms with Gasteiger partial charge in [0.1, 0.15) is 5.75 Å². The summed E-state index contributed by atoms with van der Waals surface area (Å²) in [5, 5.41) is 15.3. The third-order valence-corrected chi connectivity index (χ3v) is 4.05. The molecule has 1 heterocycles. The van der Waals surface area contributed by atoms with Crippen LogP contribution in [0.5, 0.6) is 5.75 Å². The Morgan fingerprint density at radius 1 is 1.08 bits per heavy atom. The normalized spacial score (nSPS) is 10.4. The number of ether oxygens (including phenoxy) is 1. The van der Waals surface area contributed by atoms with Crippen LogP contribution in [-0.4, -0.2) is 22.3 Å². The molecule has 0 fully saturated rings. The molecule has 1 aromatic heterocycles. The molecule has 128 valence electrons. The minimum absolute atomic E-state index is 0.352. The molecule has 0 aliphatic heterocycles. The molecular formula is C17H15Cl2N5O. The molecule has 0 saturated carbocycles. The van der Waals surface area contributed by atoms with Gasteiger partial charge in [-0.3, -0.25) is 0 Å². The molecule has 2 N–H and O–H groups in total. The highest BCUT2D eigenvalue weighted by molar-refractivity contribution is 6.32. The van der Waals surface area contributed by atoms with E-state index in [0.29, 0.717) is 34.1 Å². The number of hydrogen-bond donors (Lipinski definition) is 2. The summed E-state index contributed by atoms with van der Waals surface area (Å²) >= 11 is 12.3. The Hall–Kier alpha value is -2.57. The lowest BCUT2D eigenvalue weighted by Gasteiger charge is -2.09. The first-order valence-electron chi connectivity index (χ1n) is 7.43. The fraction of sp³-hybridized carbons (Fsp3) is 0.118. The van der Waals surface area contributed by atoms with Crippen LogP contribution in [0, 0.1) is 0 Å². The fourth-order valence-electron chi connectivity index (χ4n) is 2.14. The Labute approximate surface area is 155 Å². The summed E-state index contributed by atoms with van der Waals surface area (Å²) in [7, 11) is 1.56. The monoisotopic (exact) mass is 375 g/mol. The zero-order valence-electron chi connectivity index (χ0n) is 13.3. The second kappa shape index (κ2) is 8.00. The van der Waals surface area contributed by atoms with Crippen LogP contribution in [0.1, 0.15) is 5.56 Å². The Bertz CT molecular complexity index is 875. The van der Waals surface area contributed by atoms with Crippen molar-refractivity contribution in [2.24, 2.45) is 0 Å². The van der Waals surface area contributed by atoms with E-state index >= 15 is 0 Å². The summed E-state index contributed by atoms with van der Waals surface area (Å²) in [6.07, 6.45) is 1.54. The average Bonchev–Trinajstić information content (AvgIpc) is 2.62. The number of halogens is 2. The molecule has 25 heavy (non-hydrogen) atoms. The predicted molar refractivity (Wildman–Crippen MR) is 99.9 cm³/mol. The van der Waals surface area contributed by atoms with E-state index in [1.165, 1.54) is 0 Å². The molecule has 0 amide bonds. The Morgan fingerprint density at radius 3 is 2.68 bits per heavy atom. The molecule has 0 radical (unpaired) electrons. The lowest BCUT2D eigenvalue weighted by molar-refractivity contribution is 0.415. The van der Waals surface area contributed by atoms with Crippen molar-refractivity contribution in [2.45, 2.75) is 6.54 Å². The van der Waals surface area contributed by atoms with E-state index in [1.54, 1.807) is 25.4 Å².